The van der Waals surface area contributed by atoms with Gasteiger partial charge in [-0.15, -0.1) is 0 Å². The summed E-state index contributed by atoms with van der Waals surface area (Å²) in [4.78, 5) is 8.49. The number of ether oxygens (including phenoxy) is 1. The van der Waals surface area contributed by atoms with Crippen LogP contribution >= 0.6 is 0 Å². The highest BCUT2D eigenvalue weighted by atomic mass is 32.1. The lowest BCUT2D eigenvalue weighted by molar-refractivity contribution is 0.402. The number of methoxy groups -OCH3 is 1. The van der Waals surface area contributed by atoms with Gasteiger partial charge >= 0.3 is 0 Å². The smallest absolute Gasteiger partial charge is 0.240 e. The predicted octanol–water partition coefficient (Wildman–Crippen LogP) is 5.00. The Bertz CT molecular complexity index is 788. The van der Waals surface area contributed by atoms with Crippen molar-refractivity contribution in [3.63, 3.8) is 0 Å². The lowest BCUT2D eigenvalue weighted by atomic mass is 10.2. The van der Waals surface area contributed by atoms with Crippen LogP contribution in [-0.4, -0.2) is 21.3 Å². The Balaban J connectivity index is 0.000000295. The van der Waals surface area contributed by atoms with E-state index in [0.717, 1.165) is 22.3 Å². The zero-order valence-corrected chi connectivity index (χ0v) is 15.7. The molecular weight excluding hydrogens is 346 g/mol. The lowest BCUT2D eigenvalue weighted by Gasteiger charge is -2.10. The van der Waals surface area contributed by atoms with Crippen LogP contribution in [0.1, 0.15) is 32.1 Å². The minimum Gasteiger partial charge on any atom is -0.479 e. The van der Waals surface area contributed by atoms with E-state index in [0.29, 0.717) is 5.88 Å². The molecule has 0 radical (unpaired) electrons. The van der Waals surface area contributed by atoms with Gasteiger partial charge < -0.3 is 10.1 Å². The van der Waals surface area contributed by atoms with Crippen LogP contribution in [-0.2, 0) is 12.5 Å². The number of para-hydroxylation sites is 1. The molecule has 0 aliphatic heterocycles. The number of benzene rings is 1. The highest BCUT2D eigenvalue weighted by Gasteiger charge is 2.07. The molecule has 0 saturated heterocycles. The molecule has 136 valence electrons. The summed E-state index contributed by atoms with van der Waals surface area (Å²) >= 11 is 2.83. The van der Waals surface area contributed by atoms with Crippen molar-refractivity contribution in [2.24, 2.45) is 0 Å². The van der Waals surface area contributed by atoms with E-state index in [1.165, 1.54) is 32.1 Å². The Morgan fingerprint density at radius 2 is 1.50 bits per heavy atom. The number of nitrogens with one attached hydrogen (secondary N) is 1. The molecule has 1 aliphatic rings. The molecule has 0 bridgehead atoms. The molecule has 0 amide bonds. The molecule has 1 aromatic carbocycles. The van der Waals surface area contributed by atoms with Crippen molar-refractivity contribution < 1.29 is 8.95 Å². The zero-order valence-electron chi connectivity index (χ0n) is 14.9. The Morgan fingerprint density at radius 3 is 2.12 bits per heavy atom. The van der Waals surface area contributed by atoms with Gasteiger partial charge in [-0.2, -0.15) is 4.21 Å². The molecule has 3 aromatic rings. The fourth-order valence-corrected chi connectivity index (χ4v) is 2.87. The first kappa shape index (κ1) is 19.7. The normalized spacial score (nSPS) is 12.3. The van der Waals surface area contributed by atoms with Crippen molar-refractivity contribution in [3.8, 4) is 5.88 Å². The first-order valence-electron chi connectivity index (χ1n) is 8.65. The standard InChI is InChI=1S/C15H13N3O.C5H10.OS/c1-19-15-14-12(7-9-17-15)13(8-10-16-14)18-11-5-3-2-4-6-11;1-2-4-5-3-1;1-2/h2-10H,1H3,(H,16,18);1-5H2;. The number of hydrogen-bond donors (Lipinski definition) is 1. The van der Waals surface area contributed by atoms with Crippen LogP contribution in [0.4, 0.5) is 11.4 Å². The molecule has 1 N–H and O–H groups in total. The molecule has 2 aromatic heterocycles. The van der Waals surface area contributed by atoms with Crippen LogP contribution in [0.15, 0.2) is 54.9 Å². The van der Waals surface area contributed by atoms with E-state index in [1.54, 1.807) is 19.5 Å². The van der Waals surface area contributed by atoms with E-state index in [4.69, 9.17) is 8.95 Å². The van der Waals surface area contributed by atoms with Crippen LogP contribution in [0, 0.1) is 0 Å². The summed E-state index contributed by atoms with van der Waals surface area (Å²) in [5, 5.41) is 4.36. The molecule has 26 heavy (non-hydrogen) atoms. The second kappa shape index (κ2) is 11.1. The van der Waals surface area contributed by atoms with Crippen LogP contribution in [0.2, 0.25) is 0 Å². The maximum Gasteiger partial charge on any atom is 0.240 e. The monoisotopic (exact) mass is 369 g/mol. The quantitative estimate of drug-likeness (QED) is 0.701. The average molecular weight is 369 g/mol. The molecule has 1 saturated carbocycles. The molecular formula is C20H23N3O2S. The lowest BCUT2D eigenvalue weighted by Crippen LogP contribution is -1.95. The Morgan fingerprint density at radius 1 is 0.885 bits per heavy atom. The van der Waals surface area contributed by atoms with E-state index < -0.39 is 0 Å². The minimum absolute atomic E-state index is 0.536. The highest BCUT2D eigenvalue weighted by Crippen LogP contribution is 2.28. The molecule has 1 aliphatic carbocycles. The van der Waals surface area contributed by atoms with E-state index in [-0.39, 0.29) is 0 Å². The maximum atomic E-state index is 7.83. The van der Waals surface area contributed by atoms with Gasteiger partial charge in [0, 0.05) is 29.2 Å². The Hall–Kier alpha value is -2.60. The number of pyridine rings is 2. The van der Waals surface area contributed by atoms with Crippen LogP contribution in [0.25, 0.3) is 10.9 Å². The van der Waals surface area contributed by atoms with Crippen molar-refractivity contribution in [2.45, 2.75) is 32.1 Å². The molecule has 6 heteroatoms. The van der Waals surface area contributed by atoms with Gasteiger partial charge in [-0.25, -0.2) is 4.98 Å². The average Bonchev–Trinajstić information content (AvgIpc) is 3.30. The number of nitrogens with zero attached hydrogens (tertiary/aromatic N) is 2. The van der Waals surface area contributed by atoms with Crippen molar-refractivity contribution >= 4 is 34.8 Å². The van der Waals surface area contributed by atoms with E-state index >= 15 is 0 Å². The Kier molecular flexibility index (Phi) is 8.42. The molecule has 2 heterocycles. The van der Waals surface area contributed by atoms with E-state index in [2.05, 4.69) is 27.8 Å². The SMILES string of the molecule is C1CCCC1.COc1nccc2c(Nc3ccccc3)ccnc12.O=S. The number of hydrogen-bond acceptors (Lipinski definition) is 6. The van der Waals surface area contributed by atoms with Crippen molar-refractivity contribution in [1.82, 2.24) is 9.97 Å². The van der Waals surface area contributed by atoms with E-state index in [9.17, 15) is 0 Å². The van der Waals surface area contributed by atoms with Gasteiger partial charge in [0.05, 0.1) is 7.11 Å². The second-order valence-electron chi connectivity index (χ2n) is 5.83. The van der Waals surface area contributed by atoms with Gasteiger partial charge in [0.1, 0.15) is 5.52 Å². The third-order valence-corrected chi connectivity index (χ3v) is 4.12. The number of fused-ring (bicyclic) bond motifs is 1. The first-order valence-corrected chi connectivity index (χ1v) is 8.98. The van der Waals surface area contributed by atoms with Crippen molar-refractivity contribution in [2.75, 3.05) is 12.4 Å². The van der Waals surface area contributed by atoms with Gasteiger partial charge in [-0.1, -0.05) is 50.3 Å². The highest BCUT2D eigenvalue weighted by molar-refractivity contribution is 7.44. The van der Waals surface area contributed by atoms with Crippen LogP contribution in [0.3, 0.4) is 0 Å². The van der Waals surface area contributed by atoms with Gasteiger partial charge in [0.15, 0.2) is 12.5 Å². The third-order valence-electron chi connectivity index (χ3n) is 4.12. The fraction of sp³-hybridized carbons (Fsp3) is 0.300. The zero-order chi connectivity index (χ0) is 18.6. The topological polar surface area (TPSA) is 64.1 Å². The summed E-state index contributed by atoms with van der Waals surface area (Å²) in [5.74, 6) is 0.536. The minimum atomic E-state index is 0.536. The van der Waals surface area contributed by atoms with Crippen molar-refractivity contribution in [3.05, 3.63) is 54.9 Å². The summed E-state index contributed by atoms with van der Waals surface area (Å²) in [5.41, 5.74) is 2.77. The van der Waals surface area contributed by atoms with Crippen molar-refractivity contribution in [1.29, 1.82) is 0 Å². The van der Waals surface area contributed by atoms with E-state index in [1.807, 2.05) is 42.5 Å². The Labute approximate surface area is 159 Å². The summed E-state index contributed by atoms with van der Waals surface area (Å²) in [7, 11) is 1.60. The largest absolute Gasteiger partial charge is 0.479 e. The number of anilines is 2. The molecule has 1 fully saturated rings. The summed E-state index contributed by atoms with van der Waals surface area (Å²) in [6.07, 6.45) is 11.0. The van der Waals surface area contributed by atoms with Crippen LogP contribution in [0.5, 0.6) is 5.88 Å². The van der Waals surface area contributed by atoms with Gasteiger partial charge in [-0.05, 0) is 24.3 Å². The fourth-order valence-electron chi connectivity index (χ4n) is 2.87. The number of aromatic nitrogens is 2. The summed E-state index contributed by atoms with van der Waals surface area (Å²) < 4.78 is 13.1. The number of rotatable bonds is 3. The maximum absolute atomic E-state index is 7.83. The third kappa shape index (κ3) is 5.46. The summed E-state index contributed by atoms with van der Waals surface area (Å²) in [6.45, 7) is 0. The molecule has 0 atom stereocenters. The van der Waals surface area contributed by atoms with Gasteiger partial charge in [0.2, 0.25) is 5.88 Å². The molecule has 4 rings (SSSR count). The first-order chi connectivity index (χ1) is 12.9. The predicted molar refractivity (Wildman–Crippen MR) is 107 cm³/mol. The van der Waals surface area contributed by atoms with Crippen LogP contribution < -0.4 is 10.1 Å². The van der Waals surface area contributed by atoms with Gasteiger partial charge in [-0.3, -0.25) is 4.98 Å². The second-order valence-corrected chi connectivity index (χ2v) is 5.83. The summed E-state index contributed by atoms with van der Waals surface area (Å²) in [6, 6.07) is 13.9. The van der Waals surface area contributed by atoms with Gasteiger partial charge in [0.25, 0.3) is 0 Å². The molecule has 5 nitrogen and oxygen atoms in total. The molecule has 0 unspecified atom stereocenters. The molecule has 0 spiro atoms.